The van der Waals surface area contributed by atoms with Gasteiger partial charge in [-0.1, -0.05) is 29.8 Å². The molecule has 1 atom stereocenters. The number of allylic oxidation sites excluding steroid dienone is 1. The van der Waals surface area contributed by atoms with Crippen molar-refractivity contribution in [2.24, 2.45) is 0 Å². The maximum Gasteiger partial charge on any atom is 0.317 e. The zero-order valence-corrected chi connectivity index (χ0v) is 15.9. The van der Waals surface area contributed by atoms with Crippen molar-refractivity contribution in [1.29, 1.82) is 0 Å². The second kappa shape index (κ2) is 10.3. The molecule has 1 N–H and O–H groups in total. The van der Waals surface area contributed by atoms with Crippen molar-refractivity contribution in [3.63, 3.8) is 0 Å². The van der Waals surface area contributed by atoms with Gasteiger partial charge in [-0.15, -0.1) is 11.8 Å². The molecule has 2 rings (SSSR count). The van der Waals surface area contributed by atoms with Crippen LogP contribution in [0.25, 0.3) is 0 Å². The number of esters is 1. The topological polar surface area (TPSA) is 55.4 Å². The maximum absolute atomic E-state index is 12.0. The fraction of sp³-hybridized carbons (Fsp3) is 0.500. The van der Waals surface area contributed by atoms with Crippen molar-refractivity contribution in [3.05, 3.63) is 41.5 Å². The molecule has 0 aliphatic heterocycles. The molecule has 0 saturated carbocycles. The second-order valence-corrected chi connectivity index (χ2v) is 7.35. The highest BCUT2D eigenvalue weighted by molar-refractivity contribution is 8.00. The third-order valence-electron chi connectivity index (χ3n) is 4.25. The van der Waals surface area contributed by atoms with Crippen molar-refractivity contribution in [2.75, 3.05) is 12.3 Å². The predicted octanol–water partition coefficient (Wildman–Crippen LogP) is 4.03. The first-order valence-electron chi connectivity index (χ1n) is 8.90. The zero-order valence-electron chi connectivity index (χ0n) is 15.0. The monoisotopic (exact) mass is 361 g/mol. The quantitative estimate of drug-likeness (QED) is 0.431. The van der Waals surface area contributed by atoms with E-state index >= 15 is 0 Å². The van der Waals surface area contributed by atoms with Crippen LogP contribution in [0, 0.1) is 6.92 Å². The number of carbonyl (C=O) groups is 2. The molecule has 25 heavy (non-hydrogen) atoms. The molecule has 0 unspecified atom stereocenters. The minimum Gasteiger partial charge on any atom is -0.452 e. The van der Waals surface area contributed by atoms with Gasteiger partial charge in [-0.05, 0) is 57.6 Å². The van der Waals surface area contributed by atoms with Crippen LogP contribution in [0.2, 0.25) is 0 Å². The number of carbonyl (C=O) groups excluding carboxylic acids is 2. The molecular formula is C20H27NO3S. The maximum atomic E-state index is 12.0. The van der Waals surface area contributed by atoms with E-state index in [-0.39, 0.29) is 17.6 Å². The summed E-state index contributed by atoms with van der Waals surface area (Å²) in [6, 6.07) is 7.89. The molecule has 0 saturated heterocycles. The van der Waals surface area contributed by atoms with Gasteiger partial charge in [0.1, 0.15) is 0 Å². The number of rotatable bonds is 8. The summed E-state index contributed by atoms with van der Waals surface area (Å²) < 4.78 is 5.23. The number of benzene rings is 1. The van der Waals surface area contributed by atoms with E-state index in [1.165, 1.54) is 30.2 Å². The highest BCUT2D eigenvalue weighted by Gasteiger charge is 2.17. The standard InChI is InChI=1S/C20H27NO3S/c1-15-8-6-7-11-18(15)25-14-19(22)24-16(2)20(23)21-13-12-17-9-4-3-5-10-17/h6-9,11,16H,3-5,10,12-14H2,1-2H3,(H,21,23)/t16-/m1/s1. The molecule has 4 nitrogen and oxygen atoms in total. The summed E-state index contributed by atoms with van der Waals surface area (Å²) in [5.41, 5.74) is 2.55. The summed E-state index contributed by atoms with van der Waals surface area (Å²) in [7, 11) is 0. The Bertz CT molecular complexity index is 627. The van der Waals surface area contributed by atoms with Gasteiger partial charge in [0.05, 0.1) is 5.75 Å². The van der Waals surface area contributed by atoms with E-state index in [0.29, 0.717) is 6.54 Å². The first kappa shape index (κ1) is 19.6. The van der Waals surface area contributed by atoms with Gasteiger partial charge in [0.2, 0.25) is 0 Å². The lowest BCUT2D eigenvalue weighted by Crippen LogP contribution is -2.36. The minimum absolute atomic E-state index is 0.204. The average Bonchev–Trinajstić information content (AvgIpc) is 2.62. The lowest BCUT2D eigenvalue weighted by molar-refractivity contribution is -0.152. The molecule has 0 spiro atoms. The fourth-order valence-electron chi connectivity index (χ4n) is 2.76. The van der Waals surface area contributed by atoms with E-state index in [9.17, 15) is 9.59 Å². The van der Waals surface area contributed by atoms with Crippen LogP contribution in [-0.4, -0.2) is 30.3 Å². The Labute approximate surface area is 154 Å². The normalized spacial score (nSPS) is 15.2. The van der Waals surface area contributed by atoms with E-state index in [2.05, 4.69) is 11.4 Å². The number of ether oxygens (including phenoxy) is 1. The first-order chi connectivity index (χ1) is 12.1. The van der Waals surface area contributed by atoms with Gasteiger partial charge in [-0.25, -0.2) is 0 Å². The van der Waals surface area contributed by atoms with Crippen molar-refractivity contribution >= 4 is 23.6 Å². The molecule has 1 aromatic carbocycles. The zero-order chi connectivity index (χ0) is 18.1. The van der Waals surface area contributed by atoms with Crippen LogP contribution >= 0.6 is 11.8 Å². The molecule has 0 radical (unpaired) electrons. The average molecular weight is 362 g/mol. The molecule has 1 aliphatic rings. The van der Waals surface area contributed by atoms with Gasteiger partial charge in [-0.3, -0.25) is 9.59 Å². The number of hydrogen-bond donors (Lipinski definition) is 1. The Hall–Kier alpha value is -1.75. The molecular weight excluding hydrogens is 334 g/mol. The van der Waals surface area contributed by atoms with E-state index in [4.69, 9.17) is 4.74 Å². The smallest absolute Gasteiger partial charge is 0.317 e. The van der Waals surface area contributed by atoms with E-state index in [1.807, 2.05) is 31.2 Å². The van der Waals surface area contributed by atoms with Crippen molar-refractivity contribution in [3.8, 4) is 0 Å². The predicted molar refractivity (Wildman–Crippen MR) is 102 cm³/mol. The van der Waals surface area contributed by atoms with Gasteiger partial charge in [-0.2, -0.15) is 0 Å². The molecule has 0 bridgehead atoms. The third kappa shape index (κ3) is 6.94. The van der Waals surface area contributed by atoms with Gasteiger partial charge in [0.25, 0.3) is 5.91 Å². The number of thioether (sulfide) groups is 1. The Kier molecular flexibility index (Phi) is 8.06. The van der Waals surface area contributed by atoms with Crippen LogP contribution in [0.4, 0.5) is 0 Å². The second-order valence-electron chi connectivity index (χ2n) is 6.34. The summed E-state index contributed by atoms with van der Waals surface area (Å²) >= 11 is 1.43. The Morgan fingerprint density at radius 1 is 1.28 bits per heavy atom. The van der Waals surface area contributed by atoms with Crippen molar-refractivity contribution in [2.45, 2.75) is 57.0 Å². The van der Waals surface area contributed by atoms with E-state index in [0.717, 1.165) is 29.7 Å². The van der Waals surface area contributed by atoms with Crippen molar-refractivity contribution < 1.29 is 14.3 Å². The van der Waals surface area contributed by atoms with E-state index < -0.39 is 6.10 Å². The lowest BCUT2D eigenvalue weighted by atomic mass is 9.97. The van der Waals surface area contributed by atoms with Gasteiger partial charge in [0.15, 0.2) is 6.10 Å². The summed E-state index contributed by atoms with van der Waals surface area (Å²) in [4.78, 5) is 25.0. The molecule has 1 aromatic rings. The van der Waals surface area contributed by atoms with Gasteiger partial charge in [0, 0.05) is 11.4 Å². The van der Waals surface area contributed by atoms with Crippen LogP contribution in [0.3, 0.4) is 0 Å². The van der Waals surface area contributed by atoms with Gasteiger partial charge < -0.3 is 10.1 Å². The molecule has 1 aliphatic carbocycles. The highest BCUT2D eigenvalue weighted by atomic mass is 32.2. The summed E-state index contributed by atoms with van der Waals surface area (Å²) in [5.74, 6) is -0.397. The van der Waals surface area contributed by atoms with Crippen LogP contribution in [0.15, 0.2) is 40.8 Å². The minimum atomic E-state index is -0.759. The van der Waals surface area contributed by atoms with Crippen LogP contribution in [0.5, 0.6) is 0 Å². The molecule has 0 fully saturated rings. The van der Waals surface area contributed by atoms with Crippen molar-refractivity contribution in [1.82, 2.24) is 5.32 Å². The Morgan fingerprint density at radius 2 is 2.08 bits per heavy atom. The largest absolute Gasteiger partial charge is 0.452 e. The van der Waals surface area contributed by atoms with Crippen LogP contribution in [0.1, 0.15) is 44.6 Å². The number of aryl methyl sites for hydroxylation is 1. The molecule has 5 heteroatoms. The summed E-state index contributed by atoms with van der Waals surface area (Å²) in [5, 5.41) is 2.85. The highest BCUT2D eigenvalue weighted by Crippen LogP contribution is 2.22. The number of amides is 1. The lowest BCUT2D eigenvalue weighted by Gasteiger charge is -2.15. The summed E-state index contributed by atoms with van der Waals surface area (Å²) in [6.45, 7) is 4.22. The third-order valence-corrected chi connectivity index (χ3v) is 5.40. The molecule has 136 valence electrons. The first-order valence-corrected chi connectivity index (χ1v) is 9.88. The number of nitrogens with one attached hydrogen (secondary N) is 1. The fourth-order valence-corrected chi connectivity index (χ4v) is 3.57. The van der Waals surface area contributed by atoms with Gasteiger partial charge >= 0.3 is 5.97 Å². The SMILES string of the molecule is Cc1ccccc1SCC(=O)O[C@H](C)C(=O)NCCC1=CCCCC1. The van der Waals surface area contributed by atoms with E-state index in [1.54, 1.807) is 6.92 Å². The van der Waals surface area contributed by atoms with Crippen LogP contribution < -0.4 is 5.32 Å². The molecule has 0 heterocycles. The Balaban J connectivity index is 1.66. The Morgan fingerprint density at radius 3 is 2.80 bits per heavy atom. The molecule has 0 aromatic heterocycles. The summed E-state index contributed by atoms with van der Waals surface area (Å²) in [6.07, 6.45) is 7.20. The van der Waals surface area contributed by atoms with Crippen LogP contribution in [-0.2, 0) is 14.3 Å². The number of hydrogen-bond acceptors (Lipinski definition) is 4. The molecule has 1 amide bonds.